The first kappa shape index (κ1) is 16.0. The van der Waals surface area contributed by atoms with Crippen LogP contribution < -0.4 is 10.9 Å². The fourth-order valence-electron chi connectivity index (χ4n) is 1.92. The Bertz CT molecular complexity index is 875. The van der Waals surface area contributed by atoms with E-state index in [1.54, 1.807) is 48.8 Å². The fourth-order valence-corrected chi connectivity index (χ4v) is 1.92. The highest BCUT2D eigenvalue weighted by molar-refractivity contribution is 5.98. The number of rotatable bonds is 4. The lowest BCUT2D eigenvalue weighted by molar-refractivity contribution is -0.117. The van der Waals surface area contributed by atoms with Crippen LogP contribution in [0.4, 0.5) is 0 Å². The molecular weight excluding hydrogens is 322 g/mol. The second-order valence-electron chi connectivity index (χ2n) is 4.86. The van der Waals surface area contributed by atoms with Crippen LogP contribution in [-0.2, 0) is 4.79 Å². The summed E-state index contributed by atoms with van der Waals surface area (Å²) in [6.45, 7) is 0. The Kier molecular flexibility index (Phi) is 4.86. The van der Waals surface area contributed by atoms with Crippen LogP contribution in [0.25, 0.3) is 11.8 Å². The first-order valence-corrected chi connectivity index (χ1v) is 7.24. The second-order valence-corrected chi connectivity index (χ2v) is 4.86. The van der Waals surface area contributed by atoms with E-state index in [9.17, 15) is 9.59 Å². The first-order chi connectivity index (χ1) is 12.2. The van der Waals surface area contributed by atoms with Crippen LogP contribution in [0.5, 0.6) is 0 Å². The Balaban J connectivity index is 1.53. The SMILES string of the molecule is O=C(/C=C/c1cccnc1)NNC(=O)c1ccc(-n2cnnn2)cc1. The maximum Gasteiger partial charge on any atom is 0.269 e. The fraction of sp³-hybridized carbons (Fsp3) is 0. The van der Waals surface area contributed by atoms with E-state index >= 15 is 0 Å². The minimum Gasteiger partial charge on any atom is -0.268 e. The lowest BCUT2D eigenvalue weighted by Crippen LogP contribution is -2.40. The molecule has 9 nitrogen and oxygen atoms in total. The molecule has 0 aliphatic rings. The van der Waals surface area contributed by atoms with Crippen molar-refractivity contribution in [2.24, 2.45) is 0 Å². The van der Waals surface area contributed by atoms with E-state index < -0.39 is 11.8 Å². The summed E-state index contributed by atoms with van der Waals surface area (Å²) < 4.78 is 1.46. The standard InChI is InChI=1S/C16H13N7O2/c24-15(8-3-12-2-1-9-17-10-12)19-20-16(25)13-4-6-14(7-5-13)23-11-18-21-22-23/h1-11H,(H,19,24)(H,20,25)/b8-3+. The molecule has 0 bridgehead atoms. The van der Waals surface area contributed by atoms with Crippen molar-refractivity contribution in [3.05, 3.63) is 72.3 Å². The van der Waals surface area contributed by atoms with Crippen LogP contribution >= 0.6 is 0 Å². The van der Waals surface area contributed by atoms with Gasteiger partial charge >= 0.3 is 0 Å². The number of carbonyl (C=O) groups is 2. The Labute approximate surface area is 142 Å². The smallest absolute Gasteiger partial charge is 0.268 e. The summed E-state index contributed by atoms with van der Waals surface area (Å²) in [4.78, 5) is 27.7. The number of tetrazole rings is 1. The van der Waals surface area contributed by atoms with Crippen molar-refractivity contribution in [1.29, 1.82) is 0 Å². The second kappa shape index (κ2) is 7.59. The molecule has 0 unspecified atom stereocenters. The van der Waals surface area contributed by atoms with Gasteiger partial charge in [-0.3, -0.25) is 25.4 Å². The van der Waals surface area contributed by atoms with Gasteiger partial charge in [-0.05, 0) is 52.4 Å². The van der Waals surface area contributed by atoms with E-state index in [1.165, 1.54) is 17.1 Å². The number of hydrogen-bond acceptors (Lipinski definition) is 6. The van der Waals surface area contributed by atoms with Crippen LogP contribution in [0.15, 0.2) is 61.2 Å². The normalized spacial score (nSPS) is 10.6. The highest BCUT2D eigenvalue weighted by Gasteiger charge is 2.07. The molecule has 0 aliphatic carbocycles. The first-order valence-electron chi connectivity index (χ1n) is 7.24. The Morgan fingerprint density at radius 1 is 1.08 bits per heavy atom. The van der Waals surface area contributed by atoms with Crippen molar-refractivity contribution in [3.8, 4) is 5.69 Å². The third-order valence-corrected chi connectivity index (χ3v) is 3.15. The van der Waals surface area contributed by atoms with Crippen molar-refractivity contribution in [2.75, 3.05) is 0 Å². The molecule has 2 N–H and O–H groups in total. The molecule has 9 heteroatoms. The summed E-state index contributed by atoms with van der Waals surface area (Å²) in [5.74, 6) is -0.895. The highest BCUT2D eigenvalue weighted by Crippen LogP contribution is 2.07. The molecule has 1 aromatic carbocycles. The zero-order valence-corrected chi connectivity index (χ0v) is 12.9. The molecule has 2 aromatic heterocycles. The number of amides is 2. The van der Waals surface area contributed by atoms with Gasteiger partial charge < -0.3 is 0 Å². The van der Waals surface area contributed by atoms with Crippen molar-refractivity contribution in [3.63, 3.8) is 0 Å². The van der Waals surface area contributed by atoms with Gasteiger partial charge in [0.25, 0.3) is 11.8 Å². The van der Waals surface area contributed by atoms with Gasteiger partial charge in [0.1, 0.15) is 6.33 Å². The molecule has 0 fully saturated rings. The van der Waals surface area contributed by atoms with Gasteiger partial charge in [-0.15, -0.1) is 5.10 Å². The van der Waals surface area contributed by atoms with E-state index in [1.807, 2.05) is 6.07 Å². The predicted octanol–water partition coefficient (Wildman–Crippen LogP) is 0.532. The minimum absolute atomic E-state index is 0.383. The lowest BCUT2D eigenvalue weighted by Gasteiger charge is -2.06. The summed E-state index contributed by atoms with van der Waals surface area (Å²) in [5.41, 5.74) is 6.52. The molecule has 0 spiro atoms. The van der Waals surface area contributed by atoms with Crippen molar-refractivity contribution >= 4 is 17.9 Å². The molecule has 2 heterocycles. The van der Waals surface area contributed by atoms with Gasteiger partial charge in [-0.25, -0.2) is 4.68 Å². The van der Waals surface area contributed by atoms with Crippen LogP contribution in [0.1, 0.15) is 15.9 Å². The topological polar surface area (TPSA) is 115 Å². The molecule has 0 radical (unpaired) electrons. The van der Waals surface area contributed by atoms with E-state index in [4.69, 9.17) is 0 Å². The maximum atomic E-state index is 12.0. The largest absolute Gasteiger partial charge is 0.269 e. The molecule has 3 rings (SSSR count). The average Bonchev–Trinajstić information content (AvgIpc) is 3.20. The summed E-state index contributed by atoms with van der Waals surface area (Å²) in [5, 5.41) is 10.8. The zero-order valence-electron chi connectivity index (χ0n) is 12.9. The van der Waals surface area contributed by atoms with Crippen LogP contribution in [0, 0.1) is 0 Å². The Morgan fingerprint density at radius 2 is 1.92 bits per heavy atom. The maximum absolute atomic E-state index is 12.0. The molecule has 2 amide bonds. The number of hydrazine groups is 1. The number of nitrogens with one attached hydrogen (secondary N) is 2. The quantitative estimate of drug-likeness (QED) is 0.531. The monoisotopic (exact) mass is 335 g/mol. The van der Waals surface area contributed by atoms with E-state index in [2.05, 4.69) is 31.4 Å². The third-order valence-electron chi connectivity index (χ3n) is 3.15. The molecule has 25 heavy (non-hydrogen) atoms. The van der Waals surface area contributed by atoms with Gasteiger partial charge in [0, 0.05) is 24.0 Å². The zero-order chi connectivity index (χ0) is 17.5. The van der Waals surface area contributed by atoms with E-state index in [0.29, 0.717) is 11.3 Å². The van der Waals surface area contributed by atoms with Crippen LogP contribution in [0.2, 0.25) is 0 Å². The summed E-state index contributed by atoms with van der Waals surface area (Å²) in [7, 11) is 0. The van der Waals surface area contributed by atoms with Crippen LogP contribution in [0.3, 0.4) is 0 Å². The molecular formula is C16H13N7O2. The van der Waals surface area contributed by atoms with Gasteiger partial charge in [0.15, 0.2) is 0 Å². The molecule has 0 aliphatic heterocycles. The average molecular weight is 335 g/mol. The minimum atomic E-state index is -0.456. The van der Waals surface area contributed by atoms with E-state index in [-0.39, 0.29) is 0 Å². The number of nitrogens with zero attached hydrogens (tertiary/aromatic N) is 5. The van der Waals surface area contributed by atoms with Gasteiger partial charge in [0.2, 0.25) is 0 Å². The van der Waals surface area contributed by atoms with Gasteiger partial charge in [0.05, 0.1) is 5.69 Å². The molecule has 3 aromatic rings. The van der Waals surface area contributed by atoms with Gasteiger partial charge in [-0.2, -0.15) is 0 Å². The summed E-state index contributed by atoms with van der Waals surface area (Å²) in [6, 6.07) is 10.2. The summed E-state index contributed by atoms with van der Waals surface area (Å²) >= 11 is 0. The van der Waals surface area contributed by atoms with E-state index in [0.717, 1.165) is 5.56 Å². The predicted molar refractivity (Wildman–Crippen MR) is 88.0 cm³/mol. The van der Waals surface area contributed by atoms with Crippen molar-refractivity contribution in [1.82, 2.24) is 36.0 Å². The Morgan fingerprint density at radius 3 is 2.60 bits per heavy atom. The number of pyridine rings is 1. The third kappa shape index (κ3) is 4.32. The highest BCUT2D eigenvalue weighted by atomic mass is 16.2. The van der Waals surface area contributed by atoms with Crippen LogP contribution in [-0.4, -0.2) is 37.0 Å². The number of aromatic nitrogens is 5. The van der Waals surface area contributed by atoms with Gasteiger partial charge in [-0.1, -0.05) is 6.07 Å². The lowest BCUT2D eigenvalue weighted by atomic mass is 10.2. The molecule has 0 saturated carbocycles. The molecule has 0 atom stereocenters. The number of hydrogen-bond donors (Lipinski definition) is 2. The van der Waals surface area contributed by atoms with Crippen molar-refractivity contribution < 1.29 is 9.59 Å². The molecule has 0 saturated heterocycles. The number of benzene rings is 1. The summed E-state index contributed by atoms with van der Waals surface area (Å²) in [6.07, 6.45) is 7.61. The number of carbonyl (C=O) groups excluding carboxylic acids is 2. The molecule has 124 valence electrons. The Hall–Kier alpha value is -3.88. The van der Waals surface area contributed by atoms with Crippen molar-refractivity contribution in [2.45, 2.75) is 0 Å².